The second kappa shape index (κ2) is 8.34. The number of hydrogen-bond donors (Lipinski definition) is 0. The quantitative estimate of drug-likeness (QED) is 0.258. The van der Waals surface area contributed by atoms with Crippen molar-refractivity contribution in [3.63, 3.8) is 0 Å². The van der Waals surface area contributed by atoms with Gasteiger partial charge in [-0.3, -0.25) is 4.79 Å². The minimum atomic E-state index is -1.28. The fourth-order valence-corrected chi connectivity index (χ4v) is 4.55. The van der Waals surface area contributed by atoms with Crippen LogP contribution in [-0.2, 0) is 10.4 Å². The Hall–Kier alpha value is -4.12. The molecule has 0 aliphatic carbocycles. The van der Waals surface area contributed by atoms with E-state index in [2.05, 4.69) is 0 Å². The van der Waals surface area contributed by atoms with Crippen LogP contribution in [0.15, 0.2) is 78.9 Å². The summed E-state index contributed by atoms with van der Waals surface area (Å²) in [7, 11) is 1.61. The van der Waals surface area contributed by atoms with Gasteiger partial charge in [0.2, 0.25) is 0 Å². The molecule has 0 bridgehead atoms. The molecular weight excluding hydrogens is 431 g/mol. The van der Waals surface area contributed by atoms with Crippen molar-refractivity contribution in [2.45, 2.75) is 19.4 Å². The fourth-order valence-electron chi connectivity index (χ4n) is 4.55. The van der Waals surface area contributed by atoms with E-state index >= 15 is 4.39 Å². The number of ether oxygens (including phenoxy) is 3. The Morgan fingerprint density at radius 2 is 1.74 bits per heavy atom. The molecule has 0 saturated carbocycles. The van der Waals surface area contributed by atoms with Gasteiger partial charge in [-0.2, -0.15) is 0 Å². The Morgan fingerprint density at radius 1 is 0.971 bits per heavy atom. The molecule has 4 nitrogen and oxygen atoms in total. The number of benzene rings is 4. The lowest BCUT2D eigenvalue weighted by molar-refractivity contribution is -0.132. The Kier molecular flexibility index (Phi) is 5.33. The van der Waals surface area contributed by atoms with E-state index in [-0.39, 0.29) is 5.75 Å². The van der Waals surface area contributed by atoms with Crippen LogP contribution in [0, 0.1) is 12.7 Å². The van der Waals surface area contributed by atoms with Gasteiger partial charge in [-0.15, -0.1) is 0 Å². The van der Waals surface area contributed by atoms with Gasteiger partial charge in [0.15, 0.2) is 17.1 Å². The van der Waals surface area contributed by atoms with E-state index in [1.807, 2.05) is 61.5 Å². The van der Waals surface area contributed by atoms with Crippen molar-refractivity contribution < 1.29 is 23.4 Å². The van der Waals surface area contributed by atoms with Gasteiger partial charge in [0.1, 0.15) is 11.6 Å². The van der Waals surface area contributed by atoms with E-state index in [9.17, 15) is 4.79 Å². The van der Waals surface area contributed by atoms with Crippen LogP contribution in [-0.4, -0.2) is 13.1 Å². The van der Waals surface area contributed by atoms with Crippen LogP contribution >= 0.6 is 0 Å². The molecule has 5 rings (SSSR count). The first kappa shape index (κ1) is 21.7. The molecule has 1 aliphatic heterocycles. The molecule has 0 radical (unpaired) electrons. The van der Waals surface area contributed by atoms with E-state index in [1.165, 1.54) is 13.0 Å². The Bertz CT molecular complexity index is 1460. The number of carbonyl (C=O) groups is 1. The second-order valence-electron chi connectivity index (χ2n) is 8.27. The van der Waals surface area contributed by atoms with Crippen molar-refractivity contribution >= 4 is 22.8 Å². The predicted octanol–water partition coefficient (Wildman–Crippen LogP) is 6.57. The highest BCUT2D eigenvalue weighted by molar-refractivity contribution is 5.96. The van der Waals surface area contributed by atoms with Gasteiger partial charge in [0.25, 0.3) is 0 Å². The topological polar surface area (TPSA) is 44.8 Å². The lowest BCUT2D eigenvalue weighted by Gasteiger charge is -2.37. The maximum Gasteiger partial charge on any atom is 0.308 e. The van der Waals surface area contributed by atoms with Gasteiger partial charge in [0, 0.05) is 23.6 Å². The van der Waals surface area contributed by atoms with Crippen molar-refractivity contribution in [1.29, 1.82) is 0 Å². The SMILES string of the molecule is COc1ccc(C2(c3ccccc3F)C=Cc3c(c(OC(C)=O)cc4ccccc34)O2)cc1C. The smallest absolute Gasteiger partial charge is 0.308 e. The Labute approximate surface area is 197 Å². The van der Waals surface area contributed by atoms with Gasteiger partial charge in [0.05, 0.1) is 7.11 Å². The molecule has 4 aromatic rings. The van der Waals surface area contributed by atoms with Gasteiger partial charge in [-0.05, 0) is 59.7 Å². The first-order chi connectivity index (χ1) is 16.4. The average molecular weight is 454 g/mol. The van der Waals surface area contributed by atoms with Crippen LogP contribution in [0.1, 0.15) is 29.2 Å². The van der Waals surface area contributed by atoms with Gasteiger partial charge in [-0.1, -0.05) is 48.5 Å². The lowest BCUT2D eigenvalue weighted by Crippen LogP contribution is -2.35. The van der Waals surface area contributed by atoms with Gasteiger partial charge in [-0.25, -0.2) is 4.39 Å². The van der Waals surface area contributed by atoms with Crippen molar-refractivity contribution in [2.24, 2.45) is 0 Å². The van der Waals surface area contributed by atoms with Crippen LogP contribution < -0.4 is 14.2 Å². The van der Waals surface area contributed by atoms with Crippen molar-refractivity contribution in [3.05, 3.63) is 107 Å². The molecule has 0 aromatic heterocycles. The zero-order valence-electron chi connectivity index (χ0n) is 19.1. The number of hydrogen-bond acceptors (Lipinski definition) is 4. The number of carbonyl (C=O) groups excluding carboxylic acids is 1. The standard InChI is InChI=1S/C29H23FO4/c1-18-16-21(12-13-26(18)32-3)29(24-10-6-7-11-25(24)30)15-14-23-22-9-5-4-8-20(22)17-27(28(23)34-29)33-19(2)31/h4-17H,1-3H3. The third kappa shape index (κ3) is 3.50. The first-order valence-corrected chi connectivity index (χ1v) is 11.0. The minimum Gasteiger partial charge on any atom is -0.496 e. The molecule has 0 fully saturated rings. The third-order valence-corrected chi connectivity index (χ3v) is 6.11. The summed E-state index contributed by atoms with van der Waals surface area (Å²) in [5.74, 6) is 0.523. The fraction of sp³-hybridized carbons (Fsp3) is 0.138. The summed E-state index contributed by atoms with van der Waals surface area (Å²) >= 11 is 0. The number of fused-ring (bicyclic) bond motifs is 3. The number of methoxy groups -OCH3 is 1. The molecule has 34 heavy (non-hydrogen) atoms. The van der Waals surface area contributed by atoms with E-state index < -0.39 is 17.4 Å². The van der Waals surface area contributed by atoms with Crippen molar-refractivity contribution in [3.8, 4) is 17.2 Å². The summed E-state index contributed by atoms with van der Waals surface area (Å²) in [5, 5.41) is 1.85. The van der Waals surface area contributed by atoms with Crippen LogP contribution in [0.4, 0.5) is 4.39 Å². The molecule has 0 saturated heterocycles. The Balaban J connectivity index is 1.80. The summed E-state index contributed by atoms with van der Waals surface area (Å²) in [6, 6.07) is 21.7. The van der Waals surface area contributed by atoms with Crippen LogP contribution in [0.3, 0.4) is 0 Å². The van der Waals surface area contributed by atoms with Crippen molar-refractivity contribution in [1.82, 2.24) is 0 Å². The zero-order valence-corrected chi connectivity index (χ0v) is 19.1. The lowest BCUT2D eigenvalue weighted by atomic mass is 9.82. The summed E-state index contributed by atoms with van der Waals surface area (Å²) < 4.78 is 33.0. The summed E-state index contributed by atoms with van der Waals surface area (Å²) in [5.41, 5.74) is 1.44. The molecule has 0 amide bonds. The highest BCUT2D eigenvalue weighted by Gasteiger charge is 2.41. The maximum absolute atomic E-state index is 15.3. The molecule has 1 heterocycles. The monoisotopic (exact) mass is 454 g/mol. The van der Waals surface area contributed by atoms with Crippen LogP contribution in [0.25, 0.3) is 16.8 Å². The van der Waals surface area contributed by atoms with Crippen LogP contribution in [0.5, 0.6) is 17.2 Å². The molecule has 0 spiro atoms. The Morgan fingerprint density at radius 3 is 2.47 bits per heavy atom. The van der Waals surface area contributed by atoms with Gasteiger partial charge < -0.3 is 14.2 Å². The summed E-state index contributed by atoms with van der Waals surface area (Å²) in [6.07, 6.45) is 3.78. The normalized spacial score (nSPS) is 16.6. The summed E-state index contributed by atoms with van der Waals surface area (Å²) in [4.78, 5) is 11.9. The largest absolute Gasteiger partial charge is 0.496 e. The molecule has 1 aliphatic rings. The maximum atomic E-state index is 15.3. The van der Waals surface area contributed by atoms with Crippen molar-refractivity contribution in [2.75, 3.05) is 7.11 Å². The zero-order chi connectivity index (χ0) is 23.9. The van der Waals surface area contributed by atoms with E-state index in [1.54, 1.807) is 31.4 Å². The molecule has 4 aromatic carbocycles. The highest BCUT2D eigenvalue weighted by Crippen LogP contribution is 2.49. The molecule has 1 unspecified atom stereocenters. The number of rotatable bonds is 4. The number of halogens is 1. The highest BCUT2D eigenvalue weighted by atomic mass is 19.1. The molecule has 0 N–H and O–H groups in total. The number of aryl methyl sites for hydroxylation is 1. The minimum absolute atomic E-state index is 0.288. The molecular formula is C29H23FO4. The second-order valence-corrected chi connectivity index (χ2v) is 8.27. The van der Waals surface area contributed by atoms with E-state index in [0.29, 0.717) is 11.3 Å². The molecule has 170 valence electrons. The van der Waals surface area contributed by atoms with Gasteiger partial charge >= 0.3 is 5.97 Å². The third-order valence-electron chi connectivity index (χ3n) is 6.11. The summed E-state index contributed by atoms with van der Waals surface area (Å²) in [6.45, 7) is 3.27. The molecule has 1 atom stereocenters. The molecule has 5 heteroatoms. The average Bonchev–Trinajstić information content (AvgIpc) is 2.84. The predicted molar refractivity (Wildman–Crippen MR) is 130 cm³/mol. The van der Waals surface area contributed by atoms with E-state index in [4.69, 9.17) is 14.2 Å². The van der Waals surface area contributed by atoms with Crippen LogP contribution in [0.2, 0.25) is 0 Å². The first-order valence-electron chi connectivity index (χ1n) is 11.0. The number of esters is 1. The van der Waals surface area contributed by atoms with E-state index in [0.717, 1.165) is 33.2 Å².